The van der Waals surface area contributed by atoms with Gasteiger partial charge in [0.2, 0.25) is 0 Å². The summed E-state index contributed by atoms with van der Waals surface area (Å²) in [5.74, 6) is 3.83. The molecule has 5 rings (SSSR count). The standard InChI is InChI=1S/C23H24N4O3/c1-14-12-24-17(18-8-5-9-28-18)11-16(14)26-22-10-15(2)25-23(27-22)21-13-29-19-6-3-4-7-20(19)30-21/h3-9,11,15,21,24H,10,12-13H2,1-2H3,(H,25,26,27). The Morgan fingerprint density at radius 2 is 2.00 bits per heavy atom. The number of para-hydroxylation sites is 2. The molecule has 0 fully saturated rings. The molecule has 2 unspecified atom stereocenters. The number of hydrogen-bond donors (Lipinski definition) is 2. The minimum absolute atomic E-state index is 0.108. The van der Waals surface area contributed by atoms with E-state index in [0.29, 0.717) is 12.4 Å². The van der Waals surface area contributed by atoms with Crippen LogP contribution in [0.1, 0.15) is 26.0 Å². The molecule has 3 aliphatic heterocycles. The van der Waals surface area contributed by atoms with E-state index in [1.807, 2.05) is 36.4 Å². The Kier molecular flexibility index (Phi) is 4.78. The van der Waals surface area contributed by atoms with E-state index in [0.717, 1.165) is 47.5 Å². The van der Waals surface area contributed by atoms with Crippen LogP contribution in [0, 0.1) is 0 Å². The van der Waals surface area contributed by atoms with Gasteiger partial charge in [-0.1, -0.05) is 12.1 Å². The van der Waals surface area contributed by atoms with Crippen molar-refractivity contribution < 1.29 is 13.9 Å². The van der Waals surface area contributed by atoms with Crippen LogP contribution in [0.2, 0.25) is 0 Å². The van der Waals surface area contributed by atoms with Crippen LogP contribution in [0.25, 0.3) is 5.70 Å². The predicted octanol–water partition coefficient (Wildman–Crippen LogP) is 3.52. The molecule has 0 spiro atoms. The van der Waals surface area contributed by atoms with Crippen molar-refractivity contribution in [1.82, 2.24) is 10.6 Å². The molecule has 2 atom stereocenters. The maximum atomic E-state index is 6.11. The van der Waals surface area contributed by atoms with Crippen LogP contribution in [-0.2, 0) is 0 Å². The molecule has 0 saturated carbocycles. The van der Waals surface area contributed by atoms with Crippen molar-refractivity contribution in [2.75, 3.05) is 13.2 Å². The first-order valence-electron chi connectivity index (χ1n) is 10.2. The van der Waals surface area contributed by atoms with Gasteiger partial charge >= 0.3 is 0 Å². The van der Waals surface area contributed by atoms with Gasteiger partial charge in [-0.3, -0.25) is 4.99 Å². The van der Waals surface area contributed by atoms with Crippen LogP contribution in [0.5, 0.6) is 11.5 Å². The lowest BCUT2D eigenvalue weighted by Gasteiger charge is -2.29. The van der Waals surface area contributed by atoms with Crippen molar-refractivity contribution in [3.8, 4) is 11.5 Å². The van der Waals surface area contributed by atoms with E-state index in [1.165, 1.54) is 5.57 Å². The smallest absolute Gasteiger partial charge is 0.191 e. The summed E-state index contributed by atoms with van der Waals surface area (Å²) < 4.78 is 17.5. The SMILES string of the molecule is CC1=C(NC2=NC(C3COc4ccccc4O3)=NC(C)C2)C=C(c2ccco2)NC1. The maximum absolute atomic E-state index is 6.11. The van der Waals surface area contributed by atoms with E-state index in [1.54, 1.807) is 6.26 Å². The molecule has 7 heteroatoms. The number of ether oxygens (including phenoxy) is 2. The first kappa shape index (κ1) is 18.5. The molecular formula is C23H24N4O3. The highest BCUT2D eigenvalue weighted by molar-refractivity contribution is 6.02. The molecular weight excluding hydrogens is 380 g/mol. The van der Waals surface area contributed by atoms with E-state index >= 15 is 0 Å². The number of fused-ring (bicyclic) bond motifs is 1. The molecule has 0 radical (unpaired) electrons. The van der Waals surface area contributed by atoms with Crippen molar-refractivity contribution in [2.45, 2.75) is 32.4 Å². The van der Waals surface area contributed by atoms with Gasteiger partial charge in [-0.2, -0.15) is 0 Å². The number of nitrogens with one attached hydrogen (secondary N) is 2. The molecule has 3 aliphatic rings. The molecule has 2 aromatic rings. The van der Waals surface area contributed by atoms with E-state index in [9.17, 15) is 0 Å². The fourth-order valence-electron chi connectivity index (χ4n) is 3.67. The lowest BCUT2D eigenvalue weighted by molar-refractivity contribution is 0.133. The third-order valence-corrected chi connectivity index (χ3v) is 5.25. The van der Waals surface area contributed by atoms with Gasteiger partial charge in [0.1, 0.15) is 18.2 Å². The Hall–Kier alpha value is -3.48. The first-order chi connectivity index (χ1) is 14.7. The number of amidine groups is 2. The Morgan fingerprint density at radius 3 is 2.83 bits per heavy atom. The first-order valence-corrected chi connectivity index (χ1v) is 10.2. The van der Waals surface area contributed by atoms with Crippen molar-refractivity contribution >= 4 is 17.4 Å². The summed E-state index contributed by atoms with van der Waals surface area (Å²) in [6, 6.07) is 11.6. The molecule has 0 bridgehead atoms. The highest BCUT2D eigenvalue weighted by Gasteiger charge is 2.29. The summed E-state index contributed by atoms with van der Waals surface area (Å²) in [7, 11) is 0. The zero-order valence-electron chi connectivity index (χ0n) is 17.0. The Balaban J connectivity index is 1.36. The lowest BCUT2D eigenvalue weighted by Crippen LogP contribution is -2.40. The van der Waals surface area contributed by atoms with Gasteiger partial charge in [-0.05, 0) is 49.8 Å². The van der Waals surface area contributed by atoms with Crippen molar-refractivity contribution in [3.05, 3.63) is 65.8 Å². The average molecular weight is 404 g/mol. The van der Waals surface area contributed by atoms with E-state index in [2.05, 4.69) is 30.6 Å². The van der Waals surface area contributed by atoms with Crippen LogP contribution < -0.4 is 20.1 Å². The molecule has 154 valence electrons. The highest BCUT2D eigenvalue weighted by atomic mass is 16.6. The molecule has 1 aromatic heterocycles. The topological polar surface area (TPSA) is 80.4 Å². The number of furan rings is 1. The summed E-state index contributed by atoms with van der Waals surface area (Å²) >= 11 is 0. The van der Waals surface area contributed by atoms with E-state index in [4.69, 9.17) is 23.9 Å². The molecule has 30 heavy (non-hydrogen) atoms. The minimum Gasteiger partial charge on any atom is -0.485 e. The maximum Gasteiger partial charge on any atom is 0.191 e. The molecule has 0 saturated heterocycles. The predicted molar refractivity (Wildman–Crippen MR) is 116 cm³/mol. The number of nitrogens with zero attached hydrogens (tertiary/aromatic N) is 2. The number of hydrogen-bond acceptors (Lipinski definition) is 7. The molecule has 7 nitrogen and oxygen atoms in total. The minimum atomic E-state index is -0.322. The zero-order valence-corrected chi connectivity index (χ0v) is 17.0. The average Bonchev–Trinajstić information content (AvgIpc) is 3.29. The van der Waals surface area contributed by atoms with Gasteiger partial charge in [0, 0.05) is 18.7 Å². The number of dihydropyridines is 1. The van der Waals surface area contributed by atoms with Gasteiger partial charge in [0.15, 0.2) is 23.4 Å². The normalized spacial score (nSPS) is 23.2. The van der Waals surface area contributed by atoms with E-state index in [-0.39, 0.29) is 12.1 Å². The van der Waals surface area contributed by atoms with Crippen molar-refractivity contribution in [3.63, 3.8) is 0 Å². The van der Waals surface area contributed by atoms with Gasteiger partial charge in [-0.15, -0.1) is 0 Å². The number of rotatable bonds is 3. The number of benzene rings is 1. The molecule has 1 aromatic carbocycles. The second-order valence-corrected chi connectivity index (χ2v) is 7.67. The number of allylic oxidation sites excluding steroid dienone is 1. The van der Waals surface area contributed by atoms with Gasteiger partial charge in [0.25, 0.3) is 0 Å². The van der Waals surface area contributed by atoms with Crippen LogP contribution >= 0.6 is 0 Å². The highest BCUT2D eigenvalue weighted by Crippen LogP contribution is 2.31. The molecule has 0 amide bonds. The van der Waals surface area contributed by atoms with E-state index < -0.39 is 0 Å². The molecule has 2 N–H and O–H groups in total. The lowest BCUT2D eigenvalue weighted by atomic mass is 10.1. The van der Waals surface area contributed by atoms with Gasteiger partial charge in [-0.25, -0.2) is 4.99 Å². The zero-order chi connectivity index (χ0) is 20.5. The monoisotopic (exact) mass is 404 g/mol. The molecule has 4 heterocycles. The third-order valence-electron chi connectivity index (χ3n) is 5.25. The Bertz CT molecular complexity index is 1070. The summed E-state index contributed by atoms with van der Waals surface area (Å²) in [6.45, 7) is 5.33. The summed E-state index contributed by atoms with van der Waals surface area (Å²) in [4.78, 5) is 9.51. The summed E-state index contributed by atoms with van der Waals surface area (Å²) in [6.07, 6.45) is 4.15. The largest absolute Gasteiger partial charge is 0.485 e. The van der Waals surface area contributed by atoms with Crippen molar-refractivity contribution in [1.29, 1.82) is 0 Å². The fraction of sp³-hybridized carbons (Fsp3) is 0.304. The summed E-state index contributed by atoms with van der Waals surface area (Å²) in [5, 5.41) is 6.90. The summed E-state index contributed by atoms with van der Waals surface area (Å²) in [5.41, 5.74) is 3.18. The van der Waals surface area contributed by atoms with Crippen molar-refractivity contribution in [2.24, 2.45) is 9.98 Å². The number of aliphatic imine (C=N–C) groups is 2. The van der Waals surface area contributed by atoms with Crippen LogP contribution in [0.3, 0.4) is 0 Å². The second-order valence-electron chi connectivity index (χ2n) is 7.67. The molecule has 0 aliphatic carbocycles. The third kappa shape index (κ3) is 3.70. The van der Waals surface area contributed by atoms with Gasteiger partial charge < -0.3 is 24.5 Å². The quantitative estimate of drug-likeness (QED) is 0.818. The van der Waals surface area contributed by atoms with Crippen LogP contribution in [-0.4, -0.2) is 37.0 Å². The Morgan fingerprint density at radius 1 is 1.13 bits per heavy atom. The Labute approximate surface area is 175 Å². The van der Waals surface area contributed by atoms with Crippen LogP contribution in [0.15, 0.2) is 74.4 Å². The van der Waals surface area contributed by atoms with Crippen LogP contribution in [0.4, 0.5) is 0 Å². The second kappa shape index (κ2) is 7.74. The van der Waals surface area contributed by atoms with Gasteiger partial charge in [0.05, 0.1) is 18.0 Å². The fourth-order valence-corrected chi connectivity index (χ4v) is 3.67.